The highest BCUT2D eigenvalue weighted by Crippen LogP contribution is 2.14. The monoisotopic (exact) mass is 290 g/mol. The van der Waals surface area contributed by atoms with Gasteiger partial charge < -0.3 is 10.3 Å². The molecular formula is C10H18N4O2S2. The Morgan fingerprint density at radius 2 is 2.28 bits per heavy atom. The van der Waals surface area contributed by atoms with Crippen molar-refractivity contribution in [2.45, 2.75) is 18.9 Å². The lowest BCUT2D eigenvalue weighted by atomic mass is 10.2. The van der Waals surface area contributed by atoms with Crippen molar-refractivity contribution in [3.8, 4) is 0 Å². The smallest absolute Gasteiger partial charge is 0.262 e. The highest BCUT2D eigenvalue weighted by molar-refractivity contribution is 7.89. The molecule has 0 aliphatic heterocycles. The second-order valence-electron chi connectivity index (χ2n) is 4.14. The number of aromatic nitrogens is 2. The second kappa shape index (κ2) is 5.77. The van der Waals surface area contributed by atoms with Crippen molar-refractivity contribution in [2.75, 3.05) is 13.1 Å². The van der Waals surface area contributed by atoms with Crippen LogP contribution in [-0.2, 0) is 17.1 Å². The van der Waals surface area contributed by atoms with Crippen LogP contribution in [0, 0.1) is 5.92 Å². The molecule has 0 spiro atoms. The highest BCUT2D eigenvalue weighted by Gasteiger charge is 2.27. The van der Waals surface area contributed by atoms with Crippen LogP contribution in [0.1, 0.15) is 13.8 Å². The van der Waals surface area contributed by atoms with E-state index in [-0.39, 0.29) is 17.5 Å². The first-order valence-electron chi connectivity index (χ1n) is 5.56. The Morgan fingerprint density at radius 3 is 2.67 bits per heavy atom. The molecule has 1 aromatic rings. The molecule has 0 aliphatic carbocycles. The van der Waals surface area contributed by atoms with Crippen LogP contribution in [0.4, 0.5) is 0 Å². The van der Waals surface area contributed by atoms with Gasteiger partial charge in [-0.2, -0.15) is 4.31 Å². The van der Waals surface area contributed by atoms with Crippen LogP contribution in [0.5, 0.6) is 0 Å². The SMILES string of the molecule is CCN(CC(C)C(N)=S)S(=O)(=O)c1cn(C)cn1. The zero-order valence-corrected chi connectivity index (χ0v) is 12.3. The molecule has 0 bridgehead atoms. The van der Waals surface area contributed by atoms with Gasteiger partial charge in [-0.05, 0) is 0 Å². The summed E-state index contributed by atoms with van der Waals surface area (Å²) in [6.07, 6.45) is 2.93. The Labute approximate surface area is 113 Å². The predicted molar refractivity (Wildman–Crippen MR) is 73.6 cm³/mol. The summed E-state index contributed by atoms with van der Waals surface area (Å²) in [6, 6.07) is 0. The molecule has 2 N–H and O–H groups in total. The number of rotatable bonds is 6. The predicted octanol–water partition coefficient (Wildman–Crippen LogP) is 0.353. The van der Waals surface area contributed by atoms with Crippen molar-refractivity contribution in [1.82, 2.24) is 13.9 Å². The molecule has 0 saturated heterocycles. The Hall–Kier alpha value is -0.990. The maximum absolute atomic E-state index is 12.3. The third-order valence-electron chi connectivity index (χ3n) is 2.60. The second-order valence-corrected chi connectivity index (χ2v) is 6.49. The first-order valence-corrected chi connectivity index (χ1v) is 7.41. The van der Waals surface area contributed by atoms with E-state index in [0.717, 1.165) is 0 Å². The average Bonchev–Trinajstić information content (AvgIpc) is 2.72. The number of nitrogens with zero attached hydrogens (tertiary/aromatic N) is 3. The minimum absolute atomic E-state index is 0.0435. The summed E-state index contributed by atoms with van der Waals surface area (Å²) in [6.45, 7) is 4.20. The molecule has 1 aromatic heterocycles. The number of thiocarbonyl (C=S) groups is 1. The fourth-order valence-electron chi connectivity index (χ4n) is 1.45. The molecule has 102 valence electrons. The van der Waals surface area contributed by atoms with E-state index in [1.165, 1.54) is 16.8 Å². The van der Waals surface area contributed by atoms with Gasteiger partial charge in [0.2, 0.25) is 0 Å². The molecule has 8 heteroatoms. The van der Waals surface area contributed by atoms with Gasteiger partial charge in [-0.15, -0.1) is 0 Å². The third-order valence-corrected chi connectivity index (χ3v) is 4.83. The van der Waals surface area contributed by atoms with Crippen LogP contribution >= 0.6 is 12.2 Å². The van der Waals surface area contributed by atoms with Crippen LogP contribution in [0.2, 0.25) is 0 Å². The number of imidazole rings is 1. The summed E-state index contributed by atoms with van der Waals surface area (Å²) < 4.78 is 27.5. The maximum Gasteiger partial charge on any atom is 0.262 e. The molecule has 1 heterocycles. The summed E-state index contributed by atoms with van der Waals surface area (Å²) in [7, 11) is -1.85. The van der Waals surface area contributed by atoms with E-state index in [9.17, 15) is 8.42 Å². The van der Waals surface area contributed by atoms with Crippen molar-refractivity contribution in [2.24, 2.45) is 18.7 Å². The van der Waals surface area contributed by atoms with Gasteiger partial charge in [0.05, 0.1) is 11.3 Å². The topological polar surface area (TPSA) is 81.2 Å². The summed E-state index contributed by atoms with van der Waals surface area (Å²) in [4.78, 5) is 4.19. The first-order chi connectivity index (χ1) is 8.28. The Bertz CT molecular complexity index is 524. The van der Waals surface area contributed by atoms with E-state index in [2.05, 4.69) is 4.98 Å². The Morgan fingerprint density at radius 1 is 1.67 bits per heavy atom. The standard InChI is InChI=1S/C10H18N4O2S2/c1-4-14(5-8(2)10(11)17)18(15,16)9-6-13(3)7-12-9/h6-8H,4-5H2,1-3H3,(H2,11,17). The molecule has 0 saturated carbocycles. The van der Waals surface area contributed by atoms with Gasteiger partial charge in [0, 0.05) is 32.3 Å². The van der Waals surface area contributed by atoms with Crippen molar-refractivity contribution < 1.29 is 8.42 Å². The van der Waals surface area contributed by atoms with E-state index in [4.69, 9.17) is 18.0 Å². The van der Waals surface area contributed by atoms with E-state index < -0.39 is 10.0 Å². The number of hydrogen-bond donors (Lipinski definition) is 1. The van der Waals surface area contributed by atoms with Crippen molar-refractivity contribution >= 4 is 27.2 Å². The van der Waals surface area contributed by atoms with Gasteiger partial charge in [-0.3, -0.25) is 0 Å². The number of nitrogens with two attached hydrogens (primary N) is 1. The molecular weight excluding hydrogens is 272 g/mol. The van der Waals surface area contributed by atoms with Crippen molar-refractivity contribution in [3.63, 3.8) is 0 Å². The molecule has 1 unspecified atom stereocenters. The van der Waals surface area contributed by atoms with Gasteiger partial charge in [0.1, 0.15) is 0 Å². The maximum atomic E-state index is 12.3. The van der Waals surface area contributed by atoms with E-state index in [1.54, 1.807) is 25.5 Å². The van der Waals surface area contributed by atoms with Crippen molar-refractivity contribution in [3.05, 3.63) is 12.5 Å². The van der Waals surface area contributed by atoms with Gasteiger partial charge in [-0.25, -0.2) is 13.4 Å². The molecule has 1 atom stereocenters. The number of sulfonamides is 1. The van der Waals surface area contributed by atoms with Gasteiger partial charge in [0.25, 0.3) is 10.0 Å². The lowest BCUT2D eigenvalue weighted by Gasteiger charge is -2.22. The van der Waals surface area contributed by atoms with Crippen LogP contribution in [0.15, 0.2) is 17.6 Å². The van der Waals surface area contributed by atoms with Crippen molar-refractivity contribution in [1.29, 1.82) is 0 Å². The zero-order chi connectivity index (χ0) is 13.9. The largest absolute Gasteiger partial charge is 0.393 e. The lowest BCUT2D eigenvalue weighted by Crippen LogP contribution is -2.38. The van der Waals surface area contributed by atoms with Crippen LogP contribution in [0.3, 0.4) is 0 Å². The Kier molecular flexibility index (Phi) is 4.83. The summed E-state index contributed by atoms with van der Waals surface area (Å²) in [5.41, 5.74) is 5.52. The van der Waals surface area contributed by atoms with E-state index in [0.29, 0.717) is 11.5 Å². The summed E-state index contributed by atoms with van der Waals surface area (Å²) >= 11 is 4.86. The van der Waals surface area contributed by atoms with E-state index >= 15 is 0 Å². The summed E-state index contributed by atoms with van der Waals surface area (Å²) in [5.74, 6) is -0.168. The lowest BCUT2D eigenvalue weighted by molar-refractivity contribution is 0.403. The van der Waals surface area contributed by atoms with Gasteiger partial charge >= 0.3 is 0 Å². The molecule has 1 rings (SSSR count). The fraction of sp³-hybridized carbons (Fsp3) is 0.600. The van der Waals surface area contributed by atoms with Crippen LogP contribution in [0.25, 0.3) is 0 Å². The molecule has 0 aliphatic rings. The number of hydrogen-bond acceptors (Lipinski definition) is 4. The minimum Gasteiger partial charge on any atom is -0.393 e. The highest BCUT2D eigenvalue weighted by atomic mass is 32.2. The third kappa shape index (κ3) is 3.27. The van der Waals surface area contributed by atoms with E-state index in [1.807, 2.05) is 0 Å². The molecule has 18 heavy (non-hydrogen) atoms. The molecule has 0 aromatic carbocycles. The Balaban J connectivity index is 2.97. The zero-order valence-electron chi connectivity index (χ0n) is 10.7. The first kappa shape index (κ1) is 15.1. The molecule has 0 radical (unpaired) electrons. The molecule has 0 fully saturated rings. The quantitative estimate of drug-likeness (QED) is 0.765. The number of aryl methyl sites for hydroxylation is 1. The van der Waals surface area contributed by atoms with Crippen LogP contribution < -0.4 is 5.73 Å². The molecule has 0 amide bonds. The average molecular weight is 290 g/mol. The summed E-state index contributed by atoms with van der Waals surface area (Å²) in [5, 5.41) is 0.0435. The van der Waals surface area contributed by atoms with Gasteiger partial charge in [0.15, 0.2) is 5.03 Å². The minimum atomic E-state index is -3.57. The fourth-order valence-corrected chi connectivity index (χ4v) is 3.03. The van der Waals surface area contributed by atoms with Gasteiger partial charge in [-0.1, -0.05) is 26.1 Å². The normalized spacial score (nSPS) is 13.8. The van der Waals surface area contributed by atoms with Crippen LogP contribution in [-0.4, -0.2) is 40.4 Å². The molecule has 6 nitrogen and oxygen atoms in total.